The molecule has 0 saturated heterocycles. The van der Waals surface area contributed by atoms with Crippen LogP contribution >= 0.6 is 11.3 Å². The number of amides is 1. The Morgan fingerprint density at radius 3 is 2.67 bits per heavy atom. The second-order valence-electron chi connectivity index (χ2n) is 6.34. The van der Waals surface area contributed by atoms with Crippen molar-refractivity contribution in [2.75, 3.05) is 11.9 Å². The standard InChI is InChI=1S/C20H16FN3O4S2/c21-14-5-7-15(8-6-14)30(26,27)22-10-9-19(25)24-20-23-16(12-29-20)18-11-13-3-1-2-4-17(13)28-18/h1-8,11-12,22H,9-10H2,(H,23,24,25). The van der Waals surface area contributed by atoms with Gasteiger partial charge in [0.2, 0.25) is 15.9 Å². The molecule has 0 aliphatic carbocycles. The summed E-state index contributed by atoms with van der Waals surface area (Å²) in [6.45, 7) is -0.104. The molecular formula is C20H16FN3O4S2. The van der Waals surface area contributed by atoms with E-state index in [1.807, 2.05) is 30.3 Å². The number of halogens is 1. The van der Waals surface area contributed by atoms with E-state index in [4.69, 9.17) is 4.42 Å². The van der Waals surface area contributed by atoms with Crippen molar-refractivity contribution in [3.8, 4) is 11.5 Å². The molecule has 0 radical (unpaired) electrons. The Balaban J connectivity index is 1.33. The topological polar surface area (TPSA) is 101 Å². The summed E-state index contributed by atoms with van der Waals surface area (Å²) in [7, 11) is -3.81. The van der Waals surface area contributed by atoms with Gasteiger partial charge in [-0.25, -0.2) is 22.5 Å². The smallest absolute Gasteiger partial charge is 0.240 e. The van der Waals surface area contributed by atoms with Gasteiger partial charge in [0.1, 0.15) is 17.1 Å². The van der Waals surface area contributed by atoms with Crippen LogP contribution in [0.5, 0.6) is 0 Å². The number of hydrogen-bond acceptors (Lipinski definition) is 6. The predicted molar refractivity (Wildman–Crippen MR) is 112 cm³/mol. The third-order valence-corrected chi connectivity index (χ3v) is 6.43. The molecule has 4 rings (SSSR count). The number of carbonyl (C=O) groups is 1. The largest absolute Gasteiger partial charge is 0.454 e. The highest BCUT2D eigenvalue weighted by Crippen LogP contribution is 2.30. The Labute approximate surface area is 175 Å². The molecular weight excluding hydrogens is 429 g/mol. The van der Waals surface area contributed by atoms with Crippen LogP contribution in [0.4, 0.5) is 9.52 Å². The molecule has 0 unspecified atom stereocenters. The van der Waals surface area contributed by atoms with E-state index >= 15 is 0 Å². The maximum absolute atomic E-state index is 12.9. The molecule has 30 heavy (non-hydrogen) atoms. The molecule has 1 amide bonds. The van der Waals surface area contributed by atoms with Gasteiger partial charge >= 0.3 is 0 Å². The van der Waals surface area contributed by atoms with Gasteiger partial charge in [0.05, 0.1) is 4.90 Å². The van der Waals surface area contributed by atoms with E-state index < -0.39 is 15.8 Å². The number of thiazole rings is 1. The van der Waals surface area contributed by atoms with Crippen LogP contribution in [0.3, 0.4) is 0 Å². The lowest BCUT2D eigenvalue weighted by Crippen LogP contribution is -2.27. The molecule has 7 nitrogen and oxygen atoms in total. The number of furan rings is 1. The molecule has 10 heteroatoms. The average molecular weight is 445 g/mol. The highest BCUT2D eigenvalue weighted by Gasteiger charge is 2.15. The summed E-state index contributed by atoms with van der Waals surface area (Å²) >= 11 is 1.24. The molecule has 0 aliphatic rings. The first-order valence-electron chi connectivity index (χ1n) is 8.90. The zero-order valence-electron chi connectivity index (χ0n) is 15.5. The Bertz CT molecular complexity index is 1260. The highest BCUT2D eigenvalue weighted by atomic mass is 32.2. The van der Waals surface area contributed by atoms with Crippen molar-refractivity contribution in [1.82, 2.24) is 9.71 Å². The van der Waals surface area contributed by atoms with Crippen LogP contribution in [0, 0.1) is 5.82 Å². The van der Waals surface area contributed by atoms with E-state index in [0.717, 1.165) is 35.2 Å². The number of fused-ring (bicyclic) bond motifs is 1. The second kappa shape index (κ2) is 8.34. The first-order chi connectivity index (χ1) is 14.4. The number of rotatable bonds is 7. The van der Waals surface area contributed by atoms with Gasteiger partial charge in [0, 0.05) is 23.7 Å². The van der Waals surface area contributed by atoms with Gasteiger partial charge in [-0.15, -0.1) is 11.3 Å². The van der Waals surface area contributed by atoms with Gasteiger partial charge < -0.3 is 9.73 Å². The number of nitrogens with one attached hydrogen (secondary N) is 2. The number of hydrogen-bond donors (Lipinski definition) is 2. The fourth-order valence-corrected chi connectivity index (χ4v) is 4.48. The molecule has 0 saturated carbocycles. The average Bonchev–Trinajstić information content (AvgIpc) is 3.34. The summed E-state index contributed by atoms with van der Waals surface area (Å²) in [5, 5.41) is 5.75. The summed E-state index contributed by atoms with van der Waals surface area (Å²) in [5.74, 6) is -0.318. The Hall–Kier alpha value is -3.08. The van der Waals surface area contributed by atoms with Gasteiger partial charge in [-0.1, -0.05) is 18.2 Å². The number of carbonyl (C=O) groups excluding carboxylic acids is 1. The SMILES string of the molecule is O=C(CCNS(=O)(=O)c1ccc(F)cc1)Nc1nc(-c2cc3ccccc3o2)cs1. The minimum atomic E-state index is -3.81. The molecule has 0 atom stereocenters. The molecule has 154 valence electrons. The maximum atomic E-state index is 12.9. The Kier molecular flexibility index (Phi) is 5.62. The van der Waals surface area contributed by atoms with E-state index in [1.54, 1.807) is 5.38 Å². The van der Waals surface area contributed by atoms with Gasteiger partial charge in [-0.2, -0.15) is 0 Å². The van der Waals surface area contributed by atoms with Crippen molar-refractivity contribution in [2.45, 2.75) is 11.3 Å². The van der Waals surface area contributed by atoms with Crippen molar-refractivity contribution in [1.29, 1.82) is 0 Å². The lowest BCUT2D eigenvalue weighted by molar-refractivity contribution is -0.116. The minimum Gasteiger partial charge on any atom is -0.454 e. The second-order valence-corrected chi connectivity index (χ2v) is 8.96. The third-order valence-electron chi connectivity index (χ3n) is 4.20. The maximum Gasteiger partial charge on any atom is 0.240 e. The minimum absolute atomic E-state index is 0.0697. The quantitative estimate of drug-likeness (QED) is 0.448. The van der Waals surface area contributed by atoms with Crippen molar-refractivity contribution in [3.05, 3.63) is 65.8 Å². The molecule has 2 N–H and O–H groups in total. The monoisotopic (exact) mass is 445 g/mol. The fraction of sp³-hybridized carbons (Fsp3) is 0.100. The van der Waals surface area contributed by atoms with Crippen molar-refractivity contribution in [3.63, 3.8) is 0 Å². The van der Waals surface area contributed by atoms with Crippen LogP contribution in [0.25, 0.3) is 22.4 Å². The molecule has 2 heterocycles. The van der Waals surface area contributed by atoms with Crippen LogP contribution in [0.15, 0.2) is 69.3 Å². The molecule has 0 bridgehead atoms. The van der Waals surface area contributed by atoms with Crippen molar-refractivity contribution >= 4 is 43.4 Å². The highest BCUT2D eigenvalue weighted by molar-refractivity contribution is 7.89. The summed E-state index contributed by atoms with van der Waals surface area (Å²) in [6.07, 6.45) is -0.0834. The molecule has 0 aliphatic heterocycles. The number of sulfonamides is 1. The van der Waals surface area contributed by atoms with Crippen LogP contribution in [-0.4, -0.2) is 25.9 Å². The zero-order chi connectivity index (χ0) is 21.1. The first-order valence-corrected chi connectivity index (χ1v) is 11.3. The first kappa shape index (κ1) is 20.2. The number of benzene rings is 2. The number of para-hydroxylation sites is 1. The molecule has 2 aromatic carbocycles. The predicted octanol–water partition coefficient (Wildman–Crippen LogP) is 4.00. The number of anilines is 1. The normalized spacial score (nSPS) is 11.6. The number of nitrogens with zero attached hydrogens (tertiary/aromatic N) is 1. The molecule has 0 fully saturated rings. The van der Waals surface area contributed by atoms with Gasteiger partial charge in [0.25, 0.3) is 0 Å². The van der Waals surface area contributed by atoms with Crippen LogP contribution in [0.1, 0.15) is 6.42 Å². The zero-order valence-corrected chi connectivity index (χ0v) is 17.1. The Morgan fingerprint density at radius 1 is 1.13 bits per heavy atom. The summed E-state index contributed by atoms with van der Waals surface area (Å²) in [6, 6.07) is 13.9. The van der Waals surface area contributed by atoms with Crippen molar-refractivity contribution in [2.24, 2.45) is 0 Å². The van der Waals surface area contributed by atoms with E-state index in [0.29, 0.717) is 16.6 Å². The lowest BCUT2D eigenvalue weighted by atomic mass is 10.2. The summed E-state index contributed by atoms with van der Waals surface area (Å²) in [4.78, 5) is 16.4. The molecule has 4 aromatic rings. The van der Waals surface area contributed by atoms with E-state index in [9.17, 15) is 17.6 Å². The third kappa shape index (κ3) is 4.56. The van der Waals surface area contributed by atoms with E-state index in [2.05, 4.69) is 15.0 Å². The van der Waals surface area contributed by atoms with Gasteiger partial charge in [-0.3, -0.25) is 4.79 Å². The molecule has 0 spiro atoms. The van der Waals surface area contributed by atoms with Gasteiger partial charge in [0.15, 0.2) is 10.9 Å². The van der Waals surface area contributed by atoms with Crippen LogP contribution in [0.2, 0.25) is 0 Å². The van der Waals surface area contributed by atoms with Crippen LogP contribution in [-0.2, 0) is 14.8 Å². The van der Waals surface area contributed by atoms with Crippen LogP contribution < -0.4 is 10.0 Å². The molecule has 2 aromatic heterocycles. The van der Waals surface area contributed by atoms with Gasteiger partial charge in [-0.05, 0) is 36.4 Å². The summed E-state index contributed by atoms with van der Waals surface area (Å²) in [5.41, 5.74) is 1.35. The lowest BCUT2D eigenvalue weighted by Gasteiger charge is -2.06. The number of aromatic nitrogens is 1. The Morgan fingerprint density at radius 2 is 1.90 bits per heavy atom. The van der Waals surface area contributed by atoms with E-state index in [-0.39, 0.29) is 23.8 Å². The van der Waals surface area contributed by atoms with E-state index in [1.165, 1.54) is 11.3 Å². The fourth-order valence-electron chi connectivity index (χ4n) is 2.73. The van der Waals surface area contributed by atoms with Crippen molar-refractivity contribution < 1.29 is 22.0 Å². The summed E-state index contributed by atoms with van der Waals surface area (Å²) < 4.78 is 45.3.